The topological polar surface area (TPSA) is 125 Å². The number of nitrogens with one attached hydrogen (secondary N) is 1. The molecule has 1 aliphatic rings. The van der Waals surface area contributed by atoms with Crippen LogP contribution in [0.2, 0.25) is 0 Å². The number of carbonyl (C=O) groups is 2. The maximum Gasteiger partial charge on any atom is 0.261 e. The minimum absolute atomic E-state index is 0.0494. The lowest BCUT2D eigenvalue weighted by atomic mass is 10.1. The Morgan fingerprint density at radius 2 is 1.78 bits per heavy atom. The third-order valence-corrected chi connectivity index (χ3v) is 7.77. The molecule has 0 spiro atoms. The van der Waals surface area contributed by atoms with Gasteiger partial charge < -0.3 is 24.8 Å². The van der Waals surface area contributed by atoms with E-state index in [0.29, 0.717) is 25.2 Å². The summed E-state index contributed by atoms with van der Waals surface area (Å²) in [4.78, 5) is 27.1. The molecule has 1 fully saturated rings. The number of benzene rings is 2. The van der Waals surface area contributed by atoms with Crippen molar-refractivity contribution in [2.24, 2.45) is 0 Å². The van der Waals surface area contributed by atoms with E-state index >= 15 is 0 Å². The van der Waals surface area contributed by atoms with Crippen molar-refractivity contribution in [1.29, 1.82) is 0 Å². The first-order valence-corrected chi connectivity index (χ1v) is 13.4. The lowest BCUT2D eigenvalue weighted by Crippen LogP contribution is -2.49. The van der Waals surface area contributed by atoms with Crippen LogP contribution in [0.25, 0.3) is 0 Å². The molecule has 0 radical (unpaired) electrons. The van der Waals surface area contributed by atoms with Crippen LogP contribution in [0.3, 0.4) is 0 Å². The lowest BCUT2D eigenvalue weighted by molar-refractivity contribution is -0.142. The number of rotatable bonds is 12. The second-order valence-electron chi connectivity index (χ2n) is 8.47. The Hall–Kier alpha value is -3.06. The van der Waals surface area contributed by atoms with Crippen LogP contribution in [0.5, 0.6) is 5.75 Å². The average molecular weight is 538 g/mol. The number of morpholine rings is 1. The van der Waals surface area contributed by atoms with Crippen LogP contribution in [0.1, 0.15) is 18.9 Å². The largest absolute Gasteiger partial charge is 0.484 e. The summed E-state index contributed by atoms with van der Waals surface area (Å²) < 4.78 is 51.0. The van der Waals surface area contributed by atoms with Gasteiger partial charge in [-0.05, 0) is 55.3 Å². The summed E-state index contributed by atoms with van der Waals surface area (Å²) in [6, 6.07) is 10.5. The van der Waals surface area contributed by atoms with Crippen molar-refractivity contribution < 1.29 is 37.0 Å². The van der Waals surface area contributed by atoms with Crippen molar-refractivity contribution in [3.8, 4) is 5.75 Å². The highest BCUT2D eigenvalue weighted by Gasteiger charge is 2.28. The van der Waals surface area contributed by atoms with Crippen molar-refractivity contribution in [3.63, 3.8) is 0 Å². The third-order valence-electron chi connectivity index (χ3n) is 5.86. The molecular formula is C25H32FN3O7S. The summed E-state index contributed by atoms with van der Waals surface area (Å²) in [5.74, 6) is -1.02. The fourth-order valence-electron chi connectivity index (χ4n) is 3.68. The third kappa shape index (κ3) is 7.96. The van der Waals surface area contributed by atoms with Crippen molar-refractivity contribution in [3.05, 3.63) is 59.9 Å². The Morgan fingerprint density at radius 1 is 1.14 bits per heavy atom. The summed E-state index contributed by atoms with van der Waals surface area (Å²) >= 11 is 0. The molecule has 0 aliphatic carbocycles. The van der Waals surface area contributed by atoms with Gasteiger partial charge >= 0.3 is 0 Å². The van der Waals surface area contributed by atoms with Gasteiger partial charge in [0.15, 0.2) is 6.61 Å². The first kappa shape index (κ1) is 28.5. The summed E-state index contributed by atoms with van der Waals surface area (Å²) in [6.45, 7) is 2.65. The molecule has 0 unspecified atom stereocenters. The van der Waals surface area contributed by atoms with E-state index < -0.39 is 40.3 Å². The van der Waals surface area contributed by atoms with Gasteiger partial charge in [-0.1, -0.05) is 12.1 Å². The summed E-state index contributed by atoms with van der Waals surface area (Å²) in [5.41, 5.74) is 0.627. The fraction of sp³-hybridized carbons (Fsp3) is 0.440. The van der Waals surface area contributed by atoms with E-state index in [4.69, 9.17) is 14.6 Å². The average Bonchev–Trinajstić information content (AvgIpc) is 2.91. The van der Waals surface area contributed by atoms with E-state index in [0.717, 1.165) is 0 Å². The second kappa shape index (κ2) is 13.5. The standard InChI is InChI=1S/C25H32FN3O7S/c1-19(25(32)27-11-2-14-30)29(17-20-3-5-21(26)6-4-20)24(31)18-36-22-7-9-23(10-8-22)37(33,34)28-12-15-35-16-13-28/h3-10,19,30H,2,11-18H2,1H3,(H,27,32)/t19-/m1/s1. The Bertz CT molecular complexity index is 1140. The minimum Gasteiger partial charge on any atom is -0.484 e. The van der Waals surface area contributed by atoms with Crippen LogP contribution >= 0.6 is 0 Å². The van der Waals surface area contributed by atoms with Gasteiger partial charge in [0, 0.05) is 32.8 Å². The van der Waals surface area contributed by atoms with Gasteiger partial charge in [0.25, 0.3) is 5.91 Å². The molecule has 3 rings (SSSR count). The number of halogens is 1. The highest BCUT2D eigenvalue weighted by molar-refractivity contribution is 7.89. The maximum absolute atomic E-state index is 13.3. The zero-order valence-corrected chi connectivity index (χ0v) is 21.5. The molecule has 12 heteroatoms. The van der Waals surface area contributed by atoms with Gasteiger partial charge in [-0.25, -0.2) is 12.8 Å². The molecule has 1 saturated heterocycles. The van der Waals surface area contributed by atoms with Gasteiger partial charge in [0.2, 0.25) is 15.9 Å². The molecule has 1 aliphatic heterocycles. The molecule has 0 bridgehead atoms. The molecule has 2 aromatic carbocycles. The number of hydrogen-bond acceptors (Lipinski definition) is 7. The lowest BCUT2D eigenvalue weighted by Gasteiger charge is -2.28. The number of sulfonamides is 1. The van der Waals surface area contributed by atoms with E-state index in [1.807, 2.05) is 0 Å². The van der Waals surface area contributed by atoms with Crippen LogP contribution in [-0.4, -0.2) is 86.6 Å². The van der Waals surface area contributed by atoms with E-state index in [1.165, 1.54) is 57.7 Å². The van der Waals surface area contributed by atoms with Crippen molar-refractivity contribution >= 4 is 21.8 Å². The Balaban J connectivity index is 1.67. The Morgan fingerprint density at radius 3 is 2.41 bits per heavy atom. The minimum atomic E-state index is -3.66. The molecule has 1 heterocycles. The van der Waals surface area contributed by atoms with Gasteiger partial charge in [-0.2, -0.15) is 4.31 Å². The van der Waals surface area contributed by atoms with Gasteiger partial charge in [-0.15, -0.1) is 0 Å². The normalized spacial score (nSPS) is 15.1. The number of carbonyl (C=O) groups excluding carboxylic acids is 2. The first-order chi connectivity index (χ1) is 17.7. The van der Waals surface area contributed by atoms with E-state index in [9.17, 15) is 22.4 Å². The number of aliphatic hydroxyl groups is 1. The van der Waals surface area contributed by atoms with Crippen LogP contribution < -0.4 is 10.1 Å². The van der Waals surface area contributed by atoms with Crippen LogP contribution in [-0.2, 0) is 30.9 Å². The van der Waals surface area contributed by atoms with Crippen molar-refractivity contribution in [2.75, 3.05) is 46.1 Å². The van der Waals surface area contributed by atoms with Crippen LogP contribution in [0.4, 0.5) is 4.39 Å². The Kier molecular flexibility index (Phi) is 10.4. The highest BCUT2D eigenvalue weighted by Crippen LogP contribution is 2.21. The molecule has 202 valence electrons. The van der Waals surface area contributed by atoms with E-state index in [-0.39, 0.29) is 43.4 Å². The van der Waals surface area contributed by atoms with Crippen molar-refractivity contribution in [2.45, 2.75) is 30.8 Å². The smallest absolute Gasteiger partial charge is 0.261 e. The zero-order valence-electron chi connectivity index (χ0n) is 20.6. The zero-order chi connectivity index (χ0) is 26.8. The van der Waals surface area contributed by atoms with E-state index in [2.05, 4.69) is 5.32 Å². The van der Waals surface area contributed by atoms with Crippen LogP contribution in [0.15, 0.2) is 53.4 Å². The van der Waals surface area contributed by atoms with E-state index in [1.54, 1.807) is 6.92 Å². The molecule has 2 aromatic rings. The monoisotopic (exact) mass is 537 g/mol. The number of nitrogens with zero attached hydrogens (tertiary/aromatic N) is 2. The molecular weight excluding hydrogens is 505 g/mol. The van der Waals surface area contributed by atoms with Crippen LogP contribution in [0, 0.1) is 5.82 Å². The Labute approximate surface area is 216 Å². The van der Waals surface area contributed by atoms with Gasteiger partial charge in [0.1, 0.15) is 17.6 Å². The predicted octanol–water partition coefficient (Wildman–Crippen LogP) is 1.14. The predicted molar refractivity (Wildman–Crippen MR) is 133 cm³/mol. The molecule has 1 atom stereocenters. The maximum atomic E-state index is 13.3. The molecule has 2 N–H and O–H groups in total. The molecule has 37 heavy (non-hydrogen) atoms. The number of aliphatic hydroxyl groups excluding tert-OH is 1. The fourth-order valence-corrected chi connectivity index (χ4v) is 5.09. The summed E-state index contributed by atoms with van der Waals surface area (Å²) in [7, 11) is -3.66. The first-order valence-electron chi connectivity index (χ1n) is 12.0. The molecule has 0 aromatic heterocycles. The second-order valence-corrected chi connectivity index (χ2v) is 10.4. The highest BCUT2D eigenvalue weighted by atomic mass is 32.2. The molecule has 2 amide bonds. The van der Waals surface area contributed by atoms with Gasteiger partial charge in [-0.3, -0.25) is 9.59 Å². The number of ether oxygens (including phenoxy) is 2. The summed E-state index contributed by atoms with van der Waals surface area (Å²) in [6.07, 6.45) is 0.380. The van der Waals surface area contributed by atoms with Gasteiger partial charge in [0.05, 0.1) is 18.1 Å². The summed E-state index contributed by atoms with van der Waals surface area (Å²) in [5, 5.41) is 11.6. The SMILES string of the molecule is C[C@H](C(=O)NCCCO)N(Cc1ccc(F)cc1)C(=O)COc1ccc(S(=O)(=O)N2CCOCC2)cc1. The van der Waals surface area contributed by atoms with Crippen molar-refractivity contribution in [1.82, 2.24) is 14.5 Å². The number of hydrogen-bond donors (Lipinski definition) is 2. The molecule has 10 nitrogen and oxygen atoms in total. The molecule has 0 saturated carbocycles. The quantitative estimate of drug-likeness (QED) is 0.389. The number of amides is 2.